The lowest BCUT2D eigenvalue weighted by molar-refractivity contribution is 0.622. The van der Waals surface area contributed by atoms with Crippen molar-refractivity contribution in [1.82, 2.24) is 0 Å². The maximum Gasteiger partial charge on any atom is 0.130 e. The Balaban J connectivity index is 1.40. The maximum absolute atomic E-state index is 14.2. The minimum Gasteiger partial charge on any atom is -0.371 e. The van der Waals surface area contributed by atoms with Gasteiger partial charge in [-0.1, -0.05) is 54.6 Å². The SMILES string of the molecule is NC1Nc2cc(N3CCC(c4ccccc4)C3)ccc2C=C1c1ccccc1F. The molecule has 0 radical (unpaired) electrons. The van der Waals surface area contributed by atoms with Gasteiger partial charge in [0.25, 0.3) is 0 Å². The van der Waals surface area contributed by atoms with Crippen molar-refractivity contribution < 1.29 is 4.39 Å². The highest BCUT2D eigenvalue weighted by Crippen LogP contribution is 2.36. The minimum absolute atomic E-state index is 0.250. The number of benzene rings is 3. The van der Waals surface area contributed by atoms with Gasteiger partial charge in [0.1, 0.15) is 12.0 Å². The Morgan fingerprint density at radius 2 is 1.76 bits per heavy atom. The van der Waals surface area contributed by atoms with Crippen LogP contribution in [0.15, 0.2) is 72.8 Å². The number of nitrogens with one attached hydrogen (secondary N) is 1. The second-order valence-corrected chi connectivity index (χ2v) is 7.82. The molecule has 3 N–H and O–H groups in total. The molecule has 2 atom stereocenters. The molecular weight excluding hydrogens is 361 g/mol. The van der Waals surface area contributed by atoms with E-state index in [1.165, 1.54) is 17.3 Å². The lowest BCUT2D eigenvalue weighted by Gasteiger charge is -2.28. The van der Waals surface area contributed by atoms with Gasteiger partial charge in [-0.15, -0.1) is 0 Å². The number of nitrogens with two attached hydrogens (primary N) is 1. The fourth-order valence-electron chi connectivity index (χ4n) is 4.43. The zero-order chi connectivity index (χ0) is 19.8. The molecule has 1 saturated heterocycles. The van der Waals surface area contributed by atoms with Crippen LogP contribution in [0.3, 0.4) is 0 Å². The molecule has 0 amide bonds. The van der Waals surface area contributed by atoms with Crippen LogP contribution in [-0.4, -0.2) is 19.3 Å². The average Bonchev–Trinajstić information content (AvgIpc) is 3.24. The third kappa shape index (κ3) is 3.40. The van der Waals surface area contributed by atoms with E-state index in [-0.39, 0.29) is 5.82 Å². The average molecular weight is 385 g/mol. The third-order valence-corrected chi connectivity index (χ3v) is 6.00. The monoisotopic (exact) mass is 385 g/mol. The number of anilines is 2. The molecular formula is C25H24FN3. The highest BCUT2D eigenvalue weighted by molar-refractivity contribution is 5.93. The van der Waals surface area contributed by atoms with Gasteiger partial charge >= 0.3 is 0 Å². The van der Waals surface area contributed by atoms with Gasteiger partial charge < -0.3 is 16.0 Å². The molecule has 2 unspecified atom stereocenters. The van der Waals surface area contributed by atoms with Crippen LogP contribution in [0.25, 0.3) is 11.6 Å². The molecule has 0 spiro atoms. The predicted octanol–water partition coefficient (Wildman–Crippen LogP) is 5.07. The van der Waals surface area contributed by atoms with Crippen molar-refractivity contribution in [2.24, 2.45) is 5.73 Å². The van der Waals surface area contributed by atoms with E-state index in [1.54, 1.807) is 12.1 Å². The standard InChI is InChI=1S/C25H24FN3/c26-23-9-5-4-8-21(23)22-14-18-10-11-20(15-24(18)28-25(22)27)29-13-12-19(16-29)17-6-2-1-3-7-17/h1-11,14-15,19,25,28H,12-13,16,27H2. The number of hydrogen-bond acceptors (Lipinski definition) is 3. The summed E-state index contributed by atoms with van der Waals surface area (Å²) in [5.41, 5.74) is 12.3. The molecule has 2 heterocycles. The van der Waals surface area contributed by atoms with E-state index in [9.17, 15) is 4.39 Å². The molecule has 0 bridgehead atoms. The van der Waals surface area contributed by atoms with E-state index >= 15 is 0 Å². The van der Waals surface area contributed by atoms with Crippen LogP contribution in [0, 0.1) is 5.82 Å². The molecule has 5 rings (SSSR count). The normalized spacial score (nSPS) is 20.8. The second-order valence-electron chi connectivity index (χ2n) is 7.82. The van der Waals surface area contributed by atoms with Crippen LogP contribution < -0.4 is 16.0 Å². The van der Waals surface area contributed by atoms with Crippen LogP contribution in [-0.2, 0) is 0 Å². The summed E-state index contributed by atoms with van der Waals surface area (Å²) in [6, 6.07) is 23.9. The fraction of sp³-hybridized carbons (Fsp3) is 0.200. The Bertz CT molecular complexity index is 1060. The van der Waals surface area contributed by atoms with Crippen molar-refractivity contribution >= 4 is 23.0 Å². The first-order valence-electron chi connectivity index (χ1n) is 10.1. The molecule has 0 aromatic heterocycles. The van der Waals surface area contributed by atoms with E-state index in [0.717, 1.165) is 36.3 Å². The summed E-state index contributed by atoms with van der Waals surface area (Å²) in [6.45, 7) is 2.06. The number of nitrogens with zero attached hydrogens (tertiary/aromatic N) is 1. The maximum atomic E-state index is 14.2. The van der Waals surface area contributed by atoms with Crippen LogP contribution in [0.4, 0.5) is 15.8 Å². The Hall–Kier alpha value is -3.11. The van der Waals surface area contributed by atoms with E-state index < -0.39 is 6.17 Å². The molecule has 3 aromatic carbocycles. The van der Waals surface area contributed by atoms with Crippen molar-refractivity contribution in [1.29, 1.82) is 0 Å². The van der Waals surface area contributed by atoms with E-state index in [0.29, 0.717) is 11.5 Å². The summed E-state index contributed by atoms with van der Waals surface area (Å²) in [4.78, 5) is 2.43. The quantitative estimate of drug-likeness (QED) is 0.661. The molecule has 29 heavy (non-hydrogen) atoms. The van der Waals surface area contributed by atoms with Crippen molar-refractivity contribution in [3.63, 3.8) is 0 Å². The Morgan fingerprint density at radius 3 is 2.59 bits per heavy atom. The zero-order valence-electron chi connectivity index (χ0n) is 16.2. The van der Waals surface area contributed by atoms with Crippen LogP contribution in [0.2, 0.25) is 0 Å². The molecule has 3 nitrogen and oxygen atoms in total. The van der Waals surface area contributed by atoms with Crippen molar-refractivity contribution in [2.75, 3.05) is 23.3 Å². The first-order valence-corrected chi connectivity index (χ1v) is 10.1. The number of rotatable bonds is 3. The molecule has 146 valence electrons. The molecule has 1 fully saturated rings. The summed E-state index contributed by atoms with van der Waals surface area (Å²) in [5, 5.41) is 3.36. The summed E-state index contributed by atoms with van der Waals surface area (Å²) >= 11 is 0. The van der Waals surface area contributed by atoms with Gasteiger partial charge in [0.15, 0.2) is 0 Å². The number of fused-ring (bicyclic) bond motifs is 1. The lowest BCUT2D eigenvalue weighted by Crippen LogP contribution is -2.33. The Kier molecular flexibility index (Phi) is 4.57. The minimum atomic E-state index is -0.440. The molecule has 0 aliphatic carbocycles. The molecule has 2 aliphatic rings. The lowest BCUT2D eigenvalue weighted by atomic mass is 9.95. The van der Waals surface area contributed by atoms with Gasteiger partial charge in [0, 0.05) is 35.9 Å². The van der Waals surface area contributed by atoms with Crippen LogP contribution in [0.1, 0.15) is 29.0 Å². The first kappa shape index (κ1) is 18.0. The van der Waals surface area contributed by atoms with Crippen molar-refractivity contribution in [3.8, 4) is 0 Å². The van der Waals surface area contributed by atoms with Crippen molar-refractivity contribution in [3.05, 3.63) is 95.3 Å². The summed E-state index contributed by atoms with van der Waals surface area (Å²) < 4.78 is 14.2. The predicted molar refractivity (Wildman–Crippen MR) is 118 cm³/mol. The molecule has 4 heteroatoms. The third-order valence-electron chi connectivity index (χ3n) is 6.00. The topological polar surface area (TPSA) is 41.3 Å². The first-order chi connectivity index (χ1) is 14.2. The highest BCUT2D eigenvalue weighted by Gasteiger charge is 2.26. The van der Waals surface area contributed by atoms with E-state index in [1.807, 2.05) is 12.1 Å². The Labute approximate surface area is 170 Å². The number of halogens is 1. The molecule has 0 saturated carbocycles. The second kappa shape index (κ2) is 7.37. The van der Waals surface area contributed by atoms with Crippen molar-refractivity contribution in [2.45, 2.75) is 18.5 Å². The van der Waals surface area contributed by atoms with Gasteiger partial charge in [-0.25, -0.2) is 4.39 Å². The van der Waals surface area contributed by atoms with Crippen LogP contribution in [0.5, 0.6) is 0 Å². The van der Waals surface area contributed by atoms with Gasteiger partial charge in [-0.05, 0) is 47.4 Å². The highest BCUT2D eigenvalue weighted by atomic mass is 19.1. The fourth-order valence-corrected chi connectivity index (χ4v) is 4.43. The Morgan fingerprint density at radius 1 is 0.966 bits per heavy atom. The summed E-state index contributed by atoms with van der Waals surface area (Å²) in [5.74, 6) is 0.315. The van der Waals surface area contributed by atoms with E-state index in [2.05, 4.69) is 58.7 Å². The van der Waals surface area contributed by atoms with Gasteiger partial charge in [0.2, 0.25) is 0 Å². The summed E-state index contributed by atoms with van der Waals surface area (Å²) in [6.07, 6.45) is 2.71. The van der Waals surface area contributed by atoms with Gasteiger partial charge in [-0.3, -0.25) is 0 Å². The van der Waals surface area contributed by atoms with E-state index in [4.69, 9.17) is 5.73 Å². The largest absolute Gasteiger partial charge is 0.371 e. The van der Waals surface area contributed by atoms with Crippen LogP contribution >= 0.6 is 0 Å². The zero-order valence-corrected chi connectivity index (χ0v) is 16.2. The smallest absolute Gasteiger partial charge is 0.130 e. The molecule has 2 aliphatic heterocycles. The van der Waals surface area contributed by atoms with Gasteiger partial charge in [-0.2, -0.15) is 0 Å². The number of hydrogen-bond donors (Lipinski definition) is 2. The van der Waals surface area contributed by atoms with Gasteiger partial charge in [0.05, 0.1) is 0 Å². The summed E-state index contributed by atoms with van der Waals surface area (Å²) in [7, 11) is 0. The molecule has 3 aromatic rings.